The van der Waals surface area contributed by atoms with Gasteiger partial charge in [-0.15, -0.1) is 0 Å². The van der Waals surface area contributed by atoms with Gasteiger partial charge in [0.1, 0.15) is 18.1 Å². The Morgan fingerprint density at radius 1 is 0.688 bits per heavy atom. The highest BCUT2D eigenvalue weighted by Gasteiger charge is 2.31. The lowest BCUT2D eigenvalue weighted by Crippen LogP contribution is -2.57. The lowest BCUT2D eigenvalue weighted by Gasteiger charge is -2.25. The molecule has 2 rings (SSSR count). The number of hydrogen-bond acceptors (Lipinski definition) is 8. The first-order chi connectivity index (χ1) is 22.8. The second-order valence-electron chi connectivity index (χ2n) is 11.0. The minimum Gasteiger partial charge on any atom is -0.480 e. The second-order valence-corrected chi connectivity index (χ2v) is 11.0. The van der Waals surface area contributed by atoms with Crippen LogP contribution in [0.25, 0.3) is 10.9 Å². The van der Waals surface area contributed by atoms with E-state index in [1.54, 1.807) is 6.20 Å². The summed E-state index contributed by atoms with van der Waals surface area (Å²) in [4.78, 5) is 67.1. The summed E-state index contributed by atoms with van der Waals surface area (Å²) in [5.74, 6) is -3.68. The molecule has 0 bridgehead atoms. The summed E-state index contributed by atoms with van der Waals surface area (Å²) in [5.41, 5.74) is 39.7. The number of nitrogens with zero attached hydrogens (tertiary/aromatic N) is 3. The second kappa shape index (κ2) is 19.8. The van der Waals surface area contributed by atoms with E-state index >= 15 is 0 Å². The topological polar surface area (TPSA) is 360 Å². The van der Waals surface area contributed by atoms with Gasteiger partial charge in [0.15, 0.2) is 17.9 Å². The van der Waals surface area contributed by atoms with Crippen molar-refractivity contribution in [3.8, 4) is 0 Å². The predicted octanol–water partition coefficient (Wildman–Crippen LogP) is -3.26. The van der Waals surface area contributed by atoms with E-state index in [0.717, 1.165) is 10.9 Å². The molecule has 19 nitrogen and oxygen atoms in total. The number of para-hydroxylation sites is 1. The van der Waals surface area contributed by atoms with E-state index in [1.165, 1.54) is 0 Å². The number of nitrogens with one attached hydrogen (secondary N) is 4. The van der Waals surface area contributed by atoms with Crippen LogP contribution in [0.2, 0.25) is 0 Å². The molecule has 1 heterocycles. The summed E-state index contributed by atoms with van der Waals surface area (Å²) >= 11 is 0. The maximum atomic E-state index is 13.7. The maximum absolute atomic E-state index is 13.7. The largest absolute Gasteiger partial charge is 0.480 e. The number of amides is 3. The monoisotopic (exact) mass is 672 g/mol. The van der Waals surface area contributed by atoms with E-state index in [2.05, 4.69) is 35.9 Å². The van der Waals surface area contributed by atoms with Gasteiger partial charge >= 0.3 is 5.97 Å². The molecule has 48 heavy (non-hydrogen) atoms. The van der Waals surface area contributed by atoms with Crippen LogP contribution in [-0.2, 0) is 25.6 Å². The van der Waals surface area contributed by atoms with Crippen molar-refractivity contribution in [2.45, 2.75) is 69.1 Å². The molecule has 0 aliphatic heterocycles. The number of aromatic amines is 1. The first-order valence-corrected chi connectivity index (χ1v) is 15.4. The molecule has 1 aromatic carbocycles. The van der Waals surface area contributed by atoms with Crippen molar-refractivity contribution in [3.63, 3.8) is 0 Å². The highest BCUT2D eigenvalue weighted by molar-refractivity contribution is 5.95. The van der Waals surface area contributed by atoms with Crippen LogP contribution in [0.4, 0.5) is 0 Å². The molecular formula is C29H48N14O5. The number of guanidine groups is 3. The third-order valence-corrected chi connectivity index (χ3v) is 7.17. The van der Waals surface area contributed by atoms with Gasteiger partial charge in [0.25, 0.3) is 0 Å². The van der Waals surface area contributed by atoms with Gasteiger partial charge in [-0.3, -0.25) is 29.4 Å². The van der Waals surface area contributed by atoms with Gasteiger partial charge in [-0.05, 0) is 50.2 Å². The van der Waals surface area contributed by atoms with Crippen molar-refractivity contribution in [1.82, 2.24) is 20.9 Å². The Morgan fingerprint density at radius 3 is 1.73 bits per heavy atom. The van der Waals surface area contributed by atoms with Crippen LogP contribution in [0.1, 0.15) is 44.1 Å². The molecule has 3 amide bonds. The number of hydrogen-bond donors (Lipinski definition) is 12. The fourth-order valence-corrected chi connectivity index (χ4v) is 4.74. The molecule has 4 unspecified atom stereocenters. The number of aliphatic carboxylic acids is 1. The van der Waals surface area contributed by atoms with Crippen molar-refractivity contribution in [3.05, 3.63) is 36.0 Å². The Balaban J connectivity index is 2.29. The number of carboxylic acids is 1. The summed E-state index contributed by atoms with van der Waals surface area (Å²) in [6.07, 6.45) is 3.04. The zero-order chi connectivity index (χ0) is 35.6. The number of rotatable bonds is 21. The minimum atomic E-state index is -1.29. The summed E-state index contributed by atoms with van der Waals surface area (Å²) in [6, 6.07) is 2.73. The van der Waals surface area contributed by atoms with Gasteiger partial charge in [0, 0.05) is 43.2 Å². The van der Waals surface area contributed by atoms with Crippen LogP contribution >= 0.6 is 0 Å². The Hall–Kier alpha value is -5.59. The number of fused-ring (bicyclic) bond motifs is 1. The standard InChI is InChI=1S/C29H48N14O5/c30-18(7-3-11-37-27(31)32)23(44)41-20(9-4-12-38-28(33)34)24(45)43-22(14-16-15-40-19-8-2-1-6-17(16)19)25(46)42-21(26(47)48)10-5-13-39-29(35)36/h1-2,6,8,15,18,20-22,40H,3-5,7,9-14,30H2,(H,41,44)(H,42,46)(H,43,45)(H,47,48)(H4,31,32,37)(H4,33,34,38)(H4,35,36,39). The maximum Gasteiger partial charge on any atom is 0.326 e. The van der Waals surface area contributed by atoms with Gasteiger partial charge in [0.2, 0.25) is 17.7 Å². The molecule has 2 aromatic rings. The van der Waals surface area contributed by atoms with Crippen molar-refractivity contribution in [1.29, 1.82) is 0 Å². The Labute approximate surface area is 277 Å². The van der Waals surface area contributed by atoms with Crippen LogP contribution in [0.5, 0.6) is 0 Å². The van der Waals surface area contributed by atoms with Crippen molar-refractivity contribution >= 4 is 52.5 Å². The van der Waals surface area contributed by atoms with Crippen LogP contribution in [0, 0.1) is 0 Å². The third-order valence-electron chi connectivity index (χ3n) is 7.17. The van der Waals surface area contributed by atoms with E-state index in [-0.39, 0.29) is 69.6 Å². The van der Waals surface area contributed by atoms with E-state index < -0.39 is 47.9 Å². The predicted molar refractivity (Wildman–Crippen MR) is 183 cm³/mol. The minimum absolute atomic E-state index is 0.000891. The molecule has 19 N–H and O–H groups in total. The van der Waals surface area contributed by atoms with E-state index in [0.29, 0.717) is 18.4 Å². The number of carboxylic acid groups (broad SMARTS) is 1. The molecule has 1 aromatic heterocycles. The van der Waals surface area contributed by atoms with Crippen LogP contribution in [0.15, 0.2) is 45.4 Å². The summed E-state index contributed by atoms with van der Waals surface area (Å²) in [5, 5.41) is 18.5. The van der Waals surface area contributed by atoms with Crippen LogP contribution < -0.4 is 56.1 Å². The number of carbonyl (C=O) groups is 4. The van der Waals surface area contributed by atoms with E-state index in [4.69, 9.17) is 40.1 Å². The number of H-pyrrole nitrogens is 1. The van der Waals surface area contributed by atoms with Gasteiger partial charge in [0.05, 0.1) is 6.04 Å². The van der Waals surface area contributed by atoms with Gasteiger partial charge in [-0.1, -0.05) is 18.2 Å². The summed E-state index contributed by atoms with van der Waals surface area (Å²) < 4.78 is 0. The van der Waals surface area contributed by atoms with E-state index in [9.17, 15) is 24.3 Å². The fraction of sp³-hybridized carbons (Fsp3) is 0.483. The number of carbonyl (C=O) groups excluding carboxylic acids is 3. The van der Waals surface area contributed by atoms with Crippen molar-refractivity contribution < 1.29 is 24.3 Å². The summed E-state index contributed by atoms with van der Waals surface area (Å²) in [6.45, 7) is 0.600. The average molecular weight is 673 g/mol. The van der Waals surface area contributed by atoms with E-state index in [1.807, 2.05) is 24.3 Å². The SMILES string of the molecule is NC(N)=NCCCC(N)C(=O)NC(CCCN=C(N)N)C(=O)NC(Cc1c[nH]c2ccccc12)C(=O)NC(CCCN=C(N)N)C(=O)O. The molecule has 0 saturated heterocycles. The Kier molecular flexibility index (Phi) is 15.9. The molecule has 0 radical (unpaired) electrons. The average Bonchev–Trinajstić information content (AvgIpc) is 3.43. The molecule has 0 saturated carbocycles. The first-order valence-electron chi connectivity index (χ1n) is 15.4. The molecular weight excluding hydrogens is 624 g/mol. The third kappa shape index (κ3) is 13.8. The lowest BCUT2D eigenvalue weighted by molar-refractivity contribution is -0.142. The van der Waals surface area contributed by atoms with Gasteiger partial charge < -0.3 is 66.2 Å². The molecule has 0 spiro atoms. The van der Waals surface area contributed by atoms with Gasteiger partial charge in [-0.2, -0.15) is 0 Å². The normalized spacial score (nSPS) is 13.3. The molecule has 19 heteroatoms. The van der Waals surface area contributed by atoms with Crippen molar-refractivity contribution in [2.24, 2.45) is 55.1 Å². The zero-order valence-corrected chi connectivity index (χ0v) is 26.7. The van der Waals surface area contributed by atoms with Crippen molar-refractivity contribution in [2.75, 3.05) is 19.6 Å². The number of nitrogens with two attached hydrogens (primary N) is 7. The number of aromatic nitrogens is 1. The Bertz CT molecular complexity index is 1460. The first kappa shape index (κ1) is 38.6. The van der Waals surface area contributed by atoms with Crippen LogP contribution in [-0.4, -0.2) is 95.5 Å². The molecule has 0 aliphatic rings. The van der Waals surface area contributed by atoms with Gasteiger partial charge in [-0.25, -0.2) is 4.79 Å². The van der Waals surface area contributed by atoms with Crippen LogP contribution in [0.3, 0.4) is 0 Å². The highest BCUT2D eigenvalue weighted by Crippen LogP contribution is 2.19. The Morgan fingerprint density at radius 2 is 1.17 bits per heavy atom. The fourth-order valence-electron chi connectivity index (χ4n) is 4.74. The highest BCUT2D eigenvalue weighted by atomic mass is 16.4. The molecule has 4 atom stereocenters. The number of aliphatic imine (C=N–C) groups is 3. The quantitative estimate of drug-likeness (QED) is 0.0353. The lowest BCUT2D eigenvalue weighted by atomic mass is 10.0. The number of benzene rings is 1. The smallest absolute Gasteiger partial charge is 0.326 e. The molecule has 0 fully saturated rings. The summed E-state index contributed by atoms with van der Waals surface area (Å²) in [7, 11) is 0. The zero-order valence-electron chi connectivity index (χ0n) is 26.7. The molecule has 264 valence electrons. The molecule has 0 aliphatic carbocycles.